The van der Waals surface area contributed by atoms with Gasteiger partial charge in [-0.3, -0.25) is 4.79 Å². The van der Waals surface area contributed by atoms with Crippen molar-refractivity contribution >= 4 is 27.8 Å². The van der Waals surface area contributed by atoms with Crippen molar-refractivity contribution in [3.05, 3.63) is 76.2 Å². The molecule has 6 nitrogen and oxygen atoms in total. The molecule has 1 N–H and O–H groups in total. The largest absolute Gasteiger partial charge is 0.504 e. The van der Waals surface area contributed by atoms with Crippen LogP contribution in [0.3, 0.4) is 0 Å². The van der Waals surface area contributed by atoms with Crippen molar-refractivity contribution in [2.75, 3.05) is 7.11 Å². The number of aromatic hydroxyl groups is 1. The van der Waals surface area contributed by atoms with E-state index in [0.29, 0.717) is 21.5 Å². The van der Waals surface area contributed by atoms with Crippen LogP contribution in [0.2, 0.25) is 0 Å². The van der Waals surface area contributed by atoms with Gasteiger partial charge in [0.2, 0.25) is 0 Å². The van der Waals surface area contributed by atoms with Gasteiger partial charge in [0, 0.05) is 10.9 Å². The number of methoxy groups -OCH3 is 1. The molecule has 7 heteroatoms. The number of hydrogen-bond acceptors (Lipinski definition) is 6. The zero-order chi connectivity index (χ0) is 18.8. The number of phenols is 1. The van der Waals surface area contributed by atoms with Crippen molar-refractivity contribution in [1.29, 1.82) is 0 Å². The fourth-order valence-electron chi connectivity index (χ4n) is 2.74. The highest BCUT2D eigenvalue weighted by Gasteiger charge is 2.12. The molecule has 0 unspecified atom stereocenters. The maximum atomic E-state index is 12.9. The number of aromatic nitrogens is 2. The van der Waals surface area contributed by atoms with E-state index in [1.165, 1.54) is 41.7 Å². The Bertz CT molecular complexity index is 1200. The number of phenolic OH excluding ortho intramolecular Hbond substituents is 1. The number of rotatable bonds is 4. The van der Waals surface area contributed by atoms with Crippen molar-refractivity contribution in [2.24, 2.45) is 5.10 Å². The second kappa shape index (κ2) is 7.05. The minimum absolute atomic E-state index is 0.0423. The highest BCUT2D eigenvalue weighted by molar-refractivity contribution is 7.17. The number of ether oxygens (including phenoxy) is 1. The predicted molar refractivity (Wildman–Crippen MR) is 107 cm³/mol. The van der Waals surface area contributed by atoms with Crippen molar-refractivity contribution in [1.82, 2.24) is 9.66 Å². The number of fused-ring (bicyclic) bond motifs is 1. The van der Waals surface area contributed by atoms with Gasteiger partial charge in [-0.15, -0.1) is 11.3 Å². The first-order valence-electron chi connectivity index (χ1n) is 8.13. The van der Waals surface area contributed by atoms with E-state index >= 15 is 0 Å². The maximum absolute atomic E-state index is 12.9. The van der Waals surface area contributed by atoms with Gasteiger partial charge in [0.15, 0.2) is 11.5 Å². The van der Waals surface area contributed by atoms with Crippen LogP contribution in [0, 0.1) is 0 Å². The predicted octanol–water partition coefficient (Wildman–Crippen LogP) is 3.72. The fraction of sp³-hybridized carbons (Fsp3) is 0.0500. The van der Waals surface area contributed by atoms with Crippen LogP contribution in [0.4, 0.5) is 0 Å². The van der Waals surface area contributed by atoms with Crippen LogP contribution in [0.1, 0.15) is 5.56 Å². The van der Waals surface area contributed by atoms with Crippen LogP contribution in [-0.2, 0) is 0 Å². The van der Waals surface area contributed by atoms with E-state index in [0.717, 1.165) is 11.1 Å². The second-order valence-electron chi connectivity index (χ2n) is 5.77. The first kappa shape index (κ1) is 17.0. The third kappa shape index (κ3) is 3.20. The molecule has 4 rings (SSSR count). The molecular weight excluding hydrogens is 362 g/mol. The van der Waals surface area contributed by atoms with E-state index in [9.17, 15) is 9.90 Å². The Morgan fingerprint density at radius 1 is 1.22 bits per heavy atom. The molecule has 0 aliphatic carbocycles. The Morgan fingerprint density at radius 3 is 2.81 bits per heavy atom. The Morgan fingerprint density at radius 2 is 2.04 bits per heavy atom. The molecule has 0 bridgehead atoms. The minimum atomic E-state index is -0.234. The van der Waals surface area contributed by atoms with E-state index in [-0.39, 0.29) is 11.3 Å². The number of thiophene rings is 1. The van der Waals surface area contributed by atoms with Gasteiger partial charge in [0.1, 0.15) is 11.2 Å². The SMILES string of the molecule is COc1cc(/C=N/n2cnc3scc(-c4ccccc4)c3c2=O)ccc1O. The molecule has 2 heterocycles. The van der Waals surface area contributed by atoms with Gasteiger partial charge in [-0.25, -0.2) is 4.98 Å². The molecule has 4 aromatic rings. The lowest BCUT2D eigenvalue weighted by Crippen LogP contribution is -2.16. The van der Waals surface area contributed by atoms with E-state index in [1.54, 1.807) is 12.1 Å². The third-order valence-corrected chi connectivity index (χ3v) is 4.98. The fourth-order valence-corrected chi connectivity index (χ4v) is 3.65. The Hall–Kier alpha value is -3.45. The molecule has 0 aliphatic rings. The highest BCUT2D eigenvalue weighted by atomic mass is 32.1. The summed E-state index contributed by atoms with van der Waals surface area (Å²) in [6.45, 7) is 0. The number of nitrogens with zero attached hydrogens (tertiary/aromatic N) is 3. The summed E-state index contributed by atoms with van der Waals surface area (Å²) >= 11 is 1.43. The first-order chi connectivity index (χ1) is 13.2. The lowest BCUT2D eigenvalue weighted by molar-refractivity contribution is 0.373. The summed E-state index contributed by atoms with van der Waals surface area (Å²) in [5.74, 6) is 0.379. The van der Waals surface area contributed by atoms with E-state index in [4.69, 9.17) is 4.74 Å². The molecule has 0 fully saturated rings. The molecule has 0 atom stereocenters. The van der Waals surface area contributed by atoms with Gasteiger partial charge >= 0.3 is 0 Å². The van der Waals surface area contributed by atoms with E-state index in [1.807, 2.05) is 35.7 Å². The summed E-state index contributed by atoms with van der Waals surface area (Å²) in [5.41, 5.74) is 2.27. The standard InChI is InChI=1S/C20H15N3O3S/c1-26-17-9-13(7-8-16(17)24)10-22-23-12-21-19-18(20(23)25)15(11-27-19)14-5-3-2-4-6-14/h2-12,24H,1H3/b22-10+. The minimum Gasteiger partial charge on any atom is -0.504 e. The Kier molecular flexibility index (Phi) is 4.43. The number of hydrogen-bond donors (Lipinski definition) is 1. The van der Waals surface area contributed by atoms with Crippen molar-refractivity contribution < 1.29 is 9.84 Å². The quantitative estimate of drug-likeness (QED) is 0.550. The topological polar surface area (TPSA) is 76.7 Å². The Labute approximate surface area is 158 Å². The molecule has 134 valence electrons. The summed E-state index contributed by atoms with van der Waals surface area (Å²) in [5, 5.41) is 16.4. The van der Waals surface area contributed by atoms with Crippen molar-refractivity contribution in [2.45, 2.75) is 0 Å². The Balaban J connectivity index is 1.77. The van der Waals surface area contributed by atoms with Crippen LogP contribution >= 0.6 is 11.3 Å². The molecule has 0 aliphatic heterocycles. The van der Waals surface area contributed by atoms with Crippen LogP contribution in [0.25, 0.3) is 21.3 Å². The monoisotopic (exact) mass is 377 g/mol. The van der Waals surface area contributed by atoms with Gasteiger partial charge in [0.25, 0.3) is 5.56 Å². The summed E-state index contributed by atoms with van der Waals surface area (Å²) in [4.78, 5) is 18.0. The van der Waals surface area contributed by atoms with Crippen molar-refractivity contribution in [3.63, 3.8) is 0 Å². The van der Waals surface area contributed by atoms with Crippen molar-refractivity contribution in [3.8, 4) is 22.6 Å². The molecule has 2 aromatic heterocycles. The van der Waals surface area contributed by atoms with Gasteiger partial charge in [-0.2, -0.15) is 9.78 Å². The summed E-state index contributed by atoms with van der Waals surface area (Å²) < 4.78 is 6.29. The van der Waals surface area contributed by atoms with E-state index < -0.39 is 0 Å². The van der Waals surface area contributed by atoms with Gasteiger partial charge < -0.3 is 9.84 Å². The average Bonchev–Trinajstić information content (AvgIpc) is 3.14. The molecule has 0 amide bonds. The highest BCUT2D eigenvalue weighted by Crippen LogP contribution is 2.30. The molecule has 0 saturated heterocycles. The lowest BCUT2D eigenvalue weighted by Gasteiger charge is -2.04. The van der Waals surface area contributed by atoms with Gasteiger partial charge in [-0.05, 0) is 29.3 Å². The third-order valence-electron chi connectivity index (χ3n) is 4.10. The van der Waals surface area contributed by atoms with Crippen LogP contribution in [-0.4, -0.2) is 28.1 Å². The molecule has 0 saturated carbocycles. The second-order valence-corrected chi connectivity index (χ2v) is 6.62. The summed E-state index contributed by atoms with van der Waals surface area (Å²) in [6, 6.07) is 14.6. The normalized spacial score (nSPS) is 11.3. The zero-order valence-electron chi connectivity index (χ0n) is 14.4. The van der Waals surface area contributed by atoms with Crippen LogP contribution < -0.4 is 10.3 Å². The van der Waals surface area contributed by atoms with Crippen LogP contribution in [0.15, 0.2) is 70.1 Å². The lowest BCUT2D eigenvalue weighted by atomic mass is 10.1. The molecule has 2 aromatic carbocycles. The van der Waals surface area contributed by atoms with Crippen LogP contribution in [0.5, 0.6) is 11.5 Å². The molecular formula is C20H15N3O3S. The number of benzene rings is 2. The van der Waals surface area contributed by atoms with Gasteiger partial charge in [-0.1, -0.05) is 30.3 Å². The molecule has 0 radical (unpaired) electrons. The zero-order valence-corrected chi connectivity index (χ0v) is 15.2. The summed E-state index contributed by atoms with van der Waals surface area (Å²) in [7, 11) is 1.47. The maximum Gasteiger partial charge on any atom is 0.283 e. The smallest absolute Gasteiger partial charge is 0.283 e. The van der Waals surface area contributed by atoms with E-state index in [2.05, 4.69) is 10.1 Å². The first-order valence-corrected chi connectivity index (χ1v) is 9.01. The summed E-state index contributed by atoms with van der Waals surface area (Å²) in [6.07, 6.45) is 2.93. The molecule has 0 spiro atoms. The molecule has 27 heavy (non-hydrogen) atoms. The van der Waals surface area contributed by atoms with Gasteiger partial charge in [0.05, 0.1) is 18.7 Å². The average molecular weight is 377 g/mol.